The molecule has 82 valence electrons. The molecule has 1 aliphatic rings. The van der Waals surface area contributed by atoms with Gasteiger partial charge in [-0.25, -0.2) is 9.78 Å². The van der Waals surface area contributed by atoms with Crippen LogP contribution in [-0.2, 0) is 4.74 Å². The highest BCUT2D eigenvalue weighted by molar-refractivity contribution is 5.76. The Morgan fingerprint density at radius 1 is 1.67 bits per heavy atom. The minimum atomic E-state index is -0.119. The molecule has 1 fully saturated rings. The largest absolute Gasteiger partial charge is 0.381 e. The van der Waals surface area contributed by atoms with Crippen LogP contribution in [0.4, 0.5) is 4.79 Å². The zero-order valence-corrected chi connectivity index (χ0v) is 8.56. The van der Waals surface area contributed by atoms with Crippen LogP contribution in [0.2, 0.25) is 0 Å². The summed E-state index contributed by atoms with van der Waals surface area (Å²) in [7, 11) is 0. The van der Waals surface area contributed by atoms with Gasteiger partial charge in [0.15, 0.2) is 0 Å². The van der Waals surface area contributed by atoms with Gasteiger partial charge in [0.2, 0.25) is 0 Å². The lowest BCUT2D eigenvalue weighted by Gasteiger charge is -2.08. The van der Waals surface area contributed by atoms with Crippen LogP contribution in [0.5, 0.6) is 0 Å². The van der Waals surface area contributed by atoms with Crippen molar-refractivity contribution in [3.05, 3.63) is 18.7 Å². The van der Waals surface area contributed by atoms with Crippen molar-refractivity contribution in [3.63, 3.8) is 0 Å². The van der Waals surface area contributed by atoms with Crippen LogP contribution in [0.25, 0.3) is 0 Å². The summed E-state index contributed by atoms with van der Waals surface area (Å²) >= 11 is 0. The van der Waals surface area contributed by atoms with E-state index in [-0.39, 0.29) is 6.03 Å². The van der Waals surface area contributed by atoms with Crippen molar-refractivity contribution < 1.29 is 9.53 Å². The van der Waals surface area contributed by atoms with Gasteiger partial charge < -0.3 is 10.1 Å². The lowest BCUT2D eigenvalue weighted by molar-refractivity contribution is 0.184. The minimum absolute atomic E-state index is 0.119. The molecule has 1 aliphatic heterocycles. The summed E-state index contributed by atoms with van der Waals surface area (Å²) in [5, 5.41) is 2.84. The summed E-state index contributed by atoms with van der Waals surface area (Å²) in [5.74, 6) is 0.605. The summed E-state index contributed by atoms with van der Waals surface area (Å²) < 4.78 is 6.69. The Morgan fingerprint density at radius 3 is 3.27 bits per heavy atom. The smallest absolute Gasteiger partial charge is 0.326 e. The van der Waals surface area contributed by atoms with Crippen molar-refractivity contribution in [2.45, 2.75) is 12.8 Å². The first kappa shape index (κ1) is 10.2. The van der Waals surface area contributed by atoms with Gasteiger partial charge in [-0.15, -0.1) is 0 Å². The van der Waals surface area contributed by atoms with Gasteiger partial charge in [-0.1, -0.05) is 0 Å². The Balaban J connectivity index is 1.67. The van der Waals surface area contributed by atoms with Gasteiger partial charge in [0.1, 0.15) is 6.33 Å². The normalized spacial score (nSPS) is 20.4. The average molecular weight is 209 g/mol. The van der Waals surface area contributed by atoms with E-state index in [0.717, 1.165) is 26.1 Å². The molecular weight excluding hydrogens is 194 g/mol. The molecule has 0 saturated carbocycles. The van der Waals surface area contributed by atoms with Gasteiger partial charge in [-0.3, -0.25) is 4.57 Å². The molecule has 1 N–H and O–H groups in total. The van der Waals surface area contributed by atoms with E-state index in [2.05, 4.69) is 10.3 Å². The Morgan fingerprint density at radius 2 is 2.60 bits per heavy atom. The van der Waals surface area contributed by atoms with Crippen LogP contribution in [0.1, 0.15) is 12.8 Å². The van der Waals surface area contributed by atoms with Crippen LogP contribution in [-0.4, -0.2) is 35.3 Å². The Labute approximate surface area is 88.4 Å². The highest BCUT2D eigenvalue weighted by Crippen LogP contribution is 2.15. The maximum Gasteiger partial charge on any atom is 0.326 e. The Hall–Kier alpha value is -1.36. The summed E-state index contributed by atoms with van der Waals surface area (Å²) in [6, 6.07) is -0.119. The van der Waals surface area contributed by atoms with Gasteiger partial charge >= 0.3 is 6.03 Å². The first-order valence-electron chi connectivity index (χ1n) is 5.20. The second-order valence-electron chi connectivity index (χ2n) is 3.72. The molecule has 1 aromatic heterocycles. The molecule has 2 rings (SSSR count). The number of imidazole rings is 1. The van der Waals surface area contributed by atoms with E-state index in [0.29, 0.717) is 12.5 Å². The van der Waals surface area contributed by atoms with Crippen molar-refractivity contribution in [2.75, 3.05) is 19.8 Å². The van der Waals surface area contributed by atoms with Gasteiger partial charge in [0.05, 0.1) is 0 Å². The number of nitrogens with one attached hydrogen (secondary N) is 1. The first-order valence-corrected chi connectivity index (χ1v) is 5.20. The summed E-state index contributed by atoms with van der Waals surface area (Å²) in [4.78, 5) is 15.3. The topological polar surface area (TPSA) is 56.1 Å². The van der Waals surface area contributed by atoms with Crippen LogP contribution in [0.15, 0.2) is 18.7 Å². The number of carbonyl (C=O) groups is 1. The maximum atomic E-state index is 11.5. The number of hydrogen-bond acceptors (Lipinski definition) is 3. The number of amides is 1. The monoisotopic (exact) mass is 209 g/mol. The van der Waals surface area contributed by atoms with Crippen molar-refractivity contribution in [3.8, 4) is 0 Å². The second kappa shape index (κ2) is 4.93. The lowest BCUT2D eigenvalue weighted by atomic mass is 10.1. The predicted molar refractivity (Wildman–Crippen MR) is 54.6 cm³/mol. The molecule has 0 aliphatic carbocycles. The van der Waals surface area contributed by atoms with Crippen LogP contribution >= 0.6 is 0 Å². The number of nitrogens with zero attached hydrogens (tertiary/aromatic N) is 2. The number of rotatable bonds is 3. The fourth-order valence-corrected chi connectivity index (χ4v) is 1.66. The molecular formula is C10H15N3O2. The molecule has 15 heavy (non-hydrogen) atoms. The van der Waals surface area contributed by atoms with Crippen LogP contribution in [0, 0.1) is 5.92 Å². The molecule has 5 nitrogen and oxygen atoms in total. The Kier molecular flexibility index (Phi) is 3.34. The van der Waals surface area contributed by atoms with Gasteiger partial charge in [0.25, 0.3) is 0 Å². The molecule has 0 radical (unpaired) electrons. The van der Waals surface area contributed by atoms with E-state index in [1.165, 1.54) is 10.9 Å². The van der Waals surface area contributed by atoms with Crippen LogP contribution in [0.3, 0.4) is 0 Å². The third kappa shape index (κ3) is 2.79. The minimum Gasteiger partial charge on any atom is -0.381 e. The molecule has 0 bridgehead atoms. The third-order valence-electron chi connectivity index (χ3n) is 2.59. The second-order valence-corrected chi connectivity index (χ2v) is 3.72. The van der Waals surface area contributed by atoms with Crippen molar-refractivity contribution in [2.24, 2.45) is 5.92 Å². The zero-order valence-electron chi connectivity index (χ0n) is 8.56. The predicted octanol–water partition coefficient (Wildman–Crippen LogP) is 0.867. The molecule has 1 unspecified atom stereocenters. The van der Waals surface area contributed by atoms with E-state index < -0.39 is 0 Å². The summed E-state index contributed by atoms with van der Waals surface area (Å²) in [6.07, 6.45) is 6.81. The zero-order chi connectivity index (χ0) is 10.5. The Bertz CT molecular complexity index is 304. The first-order chi connectivity index (χ1) is 7.36. The van der Waals surface area contributed by atoms with E-state index in [1.807, 2.05) is 0 Å². The number of carbonyl (C=O) groups excluding carboxylic acids is 1. The molecule has 2 heterocycles. The molecule has 0 spiro atoms. The number of hydrogen-bond donors (Lipinski definition) is 1. The number of aromatic nitrogens is 2. The van der Waals surface area contributed by atoms with Gasteiger partial charge in [-0.2, -0.15) is 0 Å². The number of ether oxygens (including phenoxy) is 1. The van der Waals surface area contributed by atoms with Crippen molar-refractivity contribution in [1.29, 1.82) is 0 Å². The van der Waals surface area contributed by atoms with Crippen LogP contribution < -0.4 is 5.32 Å². The van der Waals surface area contributed by atoms with Gasteiger partial charge in [0, 0.05) is 32.2 Å². The fraction of sp³-hybridized carbons (Fsp3) is 0.600. The van der Waals surface area contributed by atoms with Gasteiger partial charge in [-0.05, 0) is 18.8 Å². The summed E-state index contributed by atoms with van der Waals surface area (Å²) in [5.41, 5.74) is 0. The molecule has 0 aromatic carbocycles. The highest BCUT2D eigenvalue weighted by atomic mass is 16.5. The van der Waals surface area contributed by atoms with E-state index in [9.17, 15) is 4.79 Å². The molecule has 1 aromatic rings. The van der Waals surface area contributed by atoms with E-state index in [1.54, 1.807) is 12.4 Å². The molecule has 1 saturated heterocycles. The van der Waals surface area contributed by atoms with Crippen molar-refractivity contribution >= 4 is 6.03 Å². The fourth-order valence-electron chi connectivity index (χ4n) is 1.66. The quantitative estimate of drug-likeness (QED) is 0.803. The SMILES string of the molecule is O=C(NCCC1CCOC1)n1ccnc1. The van der Waals surface area contributed by atoms with Crippen molar-refractivity contribution in [1.82, 2.24) is 14.9 Å². The molecule has 1 amide bonds. The van der Waals surface area contributed by atoms with E-state index in [4.69, 9.17) is 4.74 Å². The molecule has 5 heteroatoms. The molecule has 1 atom stereocenters. The summed E-state index contributed by atoms with van der Waals surface area (Å²) in [6.45, 7) is 2.39. The standard InChI is InChI=1S/C10H15N3O2/c14-10(13-5-4-11-8-13)12-3-1-9-2-6-15-7-9/h4-5,8-9H,1-3,6-7H2,(H,12,14). The lowest BCUT2D eigenvalue weighted by Crippen LogP contribution is -2.29. The highest BCUT2D eigenvalue weighted by Gasteiger charge is 2.15. The maximum absolute atomic E-state index is 11.5. The average Bonchev–Trinajstić information content (AvgIpc) is 2.90. The third-order valence-corrected chi connectivity index (χ3v) is 2.59. The van der Waals surface area contributed by atoms with E-state index >= 15 is 0 Å².